The summed E-state index contributed by atoms with van der Waals surface area (Å²) in [5.74, 6) is 0.873. The van der Waals surface area contributed by atoms with Crippen LogP contribution < -0.4 is 20.1 Å². The lowest BCUT2D eigenvalue weighted by Crippen LogP contribution is -2.17. The van der Waals surface area contributed by atoms with Crippen molar-refractivity contribution in [2.24, 2.45) is 5.92 Å². The summed E-state index contributed by atoms with van der Waals surface area (Å²) in [6, 6.07) is 10.1. The predicted molar refractivity (Wildman–Crippen MR) is 98.2 cm³/mol. The van der Waals surface area contributed by atoms with Gasteiger partial charge >= 0.3 is 0 Å². The van der Waals surface area contributed by atoms with E-state index in [4.69, 9.17) is 21.1 Å². The van der Waals surface area contributed by atoms with E-state index in [0.717, 1.165) is 12.8 Å². The largest absolute Gasteiger partial charge is 0.486 e. The molecule has 6 nitrogen and oxygen atoms in total. The molecule has 2 N–H and O–H groups in total. The van der Waals surface area contributed by atoms with Crippen molar-refractivity contribution in [3.8, 4) is 11.5 Å². The van der Waals surface area contributed by atoms with E-state index < -0.39 is 0 Å². The molecule has 2 amide bonds. The summed E-state index contributed by atoms with van der Waals surface area (Å²) in [7, 11) is 0. The third kappa shape index (κ3) is 3.60. The highest BCUT2D eigenvalue weighted by Crippen LogP contribution is 2.38. The second-order valence-corrected chi connectivity index (χ2v) is 6.68. The third-order valence-electron chi connectivity index (χ3n) is 4.22. The number of hydrogen-bond acceptors (Lipinski definition) is 4. The fraction of sp³-hybridized carbons (Fsp3) is 0.263. The first kappa shape index (κ1) is 16.7. The standard InChI is InChI=1S/C19H17ClN2O4/c20-14-9-16-17(26-7-6-25-16)10-15(14)22-19(24)12-2-1-3-13(8-12)21-18(23)11-4-5-11/h1-3,8-11H,4-7H2,(H,21,23)(H,22,24). The van der Waals surface area contributed by atoms with Crippen LogP contribution >= 0.6 is 11.6 Å². The fourth-order valence-electron chi connectivity index (χ4n) is 2.68. The van der Waals surface area contributed by atoms with Gasteiger partial charge in [-0.05, 0) is 31.0 Å². The molecule has 0 radical (unpaired) electrons. The highest BCUT2D eigenvalue weighted by molar-refractivity contribution is 6.34. The molecule has 2 aliphatic rings. The van der Waals surface area contributed by atoms with Gasteiger partial charge in [-0.1, -0.05) is 17.7 Å². The SMILES string of the molecule is O=C(Nc1cc2c(cc1Cl)OCCO2)c1cccc(NC(=O)C2CC2)c1. The maximum atomic E-state index is 12.6. The second-order valence-electron chi connectivity index (χ2n) is 6.27. The van der Waals surface area contributed by atoms with Crippen LogP contribution in [-0.4, -0.2) is 25.0 Å². The van der Waals surface area contributed by atoms with Gasteiger partial charge < -0.3 is 20.1 Å². The van der Waals surface area contributed by atoms with Gasteiger partial charge in [-0.25, -0.2) is 0 Å². The normalized spacial score (nSPS) is 15.3. The molecule has 0 saturated heterocycles. The van der Waals surface area contributed by atoms with Gasteiger partial charge in [0.05, 0.1) is 10.7 Å². The van der Waals surface area contributed by atoms with Crippen molar-refractivity contribution < 1.29 is 19.1 Å². The van der Waals surface area contributed by atoms with Crippen molar-refractivity contribution in [1.29, 1.82) is 0 Å². The maximum absolute atomic E-state index is 12.6. The van der Waals surface area contributed by atoms with Gasteiger partial charge in [0.2, 0.25) is 5.91 Å². The van der Waals surface area contributed by atoms with Crippen LogP contribution in [0.25, 0.3) is 0 Å². The highest BCUT2D eigenvalue weighted by atomic mass is 35.5. The average Bonchev–Trinajstić information content (AvgIpc) is 3.48. The van der Waals surface area contributed by atoms with E-state index in [1.54, 1.807) is 36.4 Å². The molecule has 0 aromatic heterocycles. The molecular weight excluding hydrogens is 356 g/mol. The number of halogens is 1. The van der Waals surface area contributed by atoms with Gasteiger partial charge in [-0.15, -0.1) is 0 Å². The number of anilines is 2. The Morgan fingerprint density at radius 3 is 2.46 bits per heavy atom. The Bertz CT molecular complexity index is 880. The minimum atomic E-state index is -0.328. The van der Waals surface area contributed by atoms with Crippen molar-refractivity contribution >= 4 is 34.8 Å². The molecule has 2 aromatic carbocycles. The Morgan fingerprint density at radius 2 is 1.73 bits per heavy atom. The van der Waals surface area contributed by atoms with E-state index in [2.05, 4.69) is 10.6 Å². The van der Waals surface area contributed by atoms with E-state index in [9.17, 15) is 9.59 Å². The number of amides is 2. The molecule has 4 rings (SSSR count). The van der Waals surface area contributed by atoms with Crippen LogP contribution in [0.15, 0.2) is 36.4 Å². The van der Waals surface area contributed by atoms with Crippen LogP contribution in [0.5, 0.6) is 11.5 Å². The van der Waals surface area contributed by atoms with Gasteiger partial charge in [0.15, 0.2) is 11.5 Å². The Labute approximate surface area is 155 Å². The number of rotatable bonds is 4. The van der Waals surface area contributed by atoms with E-state index in [0.29, 0.717) is 46.7 Å². The minimum absolute atomic E-state index is 0.00237. The average molecular weight is 373 g/mol. The van der Waals surface area contributed by atoms with Crippen molar-refractivity contribution in [1.82, 2.24) is 0 Å². The molecule has 1 heterocycles. The number of fused-ring (bicyclic) bond motifs is 1. The molecule has 2 aromatic rings. The van der Waals surface area contributed by atoms with Crippen LogP contribution in [0.2, 0.25) is 5.02 Å². The molecule has 1 saturated carbocycles. The van der Waals surface area contributed by atoms with E-state index in [1.165, 1.54) is 0 Å². The molecule has 0 spiro atoms. The molecular formula is C19H17ClN2O4. The number of benzene rings is 2. The molecule has 1 aliphatic carbocycles. The zero-order chi connectivity index (χ0) is 18.1. The number of carbonyl (C=O) groups is 2. The van der Waals surface area contributed by atoms with Gasteiger partial charge in [0.1, 0.15) is 13.2 Å². The summed E-state index contributed by atoms with van der Waals surface area (Å²) in [5, 5.41) is 5.97. The van der Waals surface area contributed by atoms with Crippen LogP contribution in [0.4, 0.5) is 11.4 Å². The zero-order valence-electron chi connectivity index (χ0n) is 13.9. The Morgan fingerprint density at radius 1 is 1.00 bits per heavy atom. The summed E-state index contributed by atoms with van der Waals surface area (Å²) >= 11 is 6.23. The van der Waals surface area contributed by atoms with Crippen LogP contribution in [0.3, 0.4) is 0 Å². The van der Waals surface area contributed by atoms with Crippen molar-refractivity contribution in [2.75, 3.05) is 23.8 Å². The molecule has 134 valence electrons. The summed E-state index contributed by atoms with van der Waals surface area (Å²) in [5.41, 5.74) is 1.46. The molecule has 1 fully saturated rings. The van der Waals surface area contributed by atoms with Crippen molar-refractivity contribution in [3.05, 3.63) is 47.0 Å². The van der Waals surface area contributed by atoms with Crippen LogP contribution in [0, 0.1) is 5.92 Å². The first-order chi connectivity index (χ1) is 12.6. The van der Waals surface area contributed by atoms with Gasteiger partial charge in [-0.2, -0.15) is 0 Å². The minimum Gasteiger partial charge on any atom is -0.486 e. The Balaban J connectivity index is 1.50. The quantitative estimate of drug-likeness (QED) is 0.857. The molecule has 26 heavy (non-hydrogen) atoms. The van der Waals surface area contributed by atoms with Crippen molar-refractivity contribution in [2.45, 2.75) is 12.8 Å². The molecule has 0 bridgehead atoms. The van der Waals surface area contributed by atoms with Crippen LogP contribution in [-0.2, 0) is 4.79 Å². The van der Waals surface area contributed by atoms with Crippen LogP contribution in [0.1, 0.15) is 23.2 Å². The Kier molecular flexibility index (Phi) is 4.42. The number of hydrogen-bond donors (Lipinski definition) is 2. The molecule has 0 unspecified atom stereocenters. The van der Waals surface area contributed by atoms with E-state index >= 15 is 0 Å². The topological polar surface area (TPSA) is 76.7 Å². The molecule has 7 heteroatoms. The first-order valence-corrected chi connectivity index (χ1v) is 8.79. The number of nitrogens with one attached hydrogen (secondary N) is 2. The van der Waals surface area contributed by atoms with E-state index in [-0.39, 0.29) is 17.7 Å². The van der Waals surface area contributed by atoms with Gasteiger partial charge in [-0.3, -0.25) is 9.59 Å². The van der Waals surface area contributed by atoms with Crippen molar-refractivity contribution in [3.63, 3.8) is 0 Å². The van der Waals surface area contributed by atoms with Gasteiger partial charge in [0, 0.05) is 29.3 Å². The molecule has 1 aliphatic heterocycles. The second kappa shape index (κ2) is 6.88. The number of ether oxygens (including phenoxy) is 2. The molecule has 0 atom stereocenters. The zero-order valence-corrected chi connectivity index (χ0v) is 14.6. The number of carbonyl (C=O) groups excluding carboxylic acids is 2. The predicted octanol–water partition coefficient (Wildman–Crippen LogP) is 3.71. The lowest BCUT2D eigenvalue weighted by atomic mass is 10.1. The Hall–Kier alpha value is -2.73. The summed E-state index contributed by atoms with van der Waals surface area (Å²) in [6.45, 7) is 0.916. The summed E-state index contributed by atoms with van der Waals surface area (Å²) < 4.78 is 11.0. The third-order valence-corrected chi connectivity index (χ3v) is 4.53. The first-order valence-electron chi connectivity index (χ1n) is 8.41. The van der Waals surface area contributed by atoms with Gasteiger partial charge in [0.25, 0.3) is 5.91 Å². The summed E-state index contributed by atoms with van der Waals surface area (Å²) in [6.07, 6.45) is 1.85. The lowest BCUT2D eigenvalue weighted by Gasteiger charge is -2.20. The monoisotopic (exact) mass is 372 g/mol. The maximum Gasteiger partial charge on any atom is 0.255 e. The smallest absolute Gasteiger partial charge is 0.255 e. The van der Waals surface area contributed by atoms with E-state index in [1.807, 2.05) is 0 Å². The highest BCUT2D eigenvalue weighted by Gasteiger charge is 2.29. The lowest BCUT2D eigenvalue weighted by molar-refractivity contribution is -0.117. The fourth-order valence-corrected chi connectivity index (χ4v) is 2.88. The summed E-state index contributed by atoms with van der Waals surface area (Å²) in [4.78, 5) is 24.4.